The molecule has 1 aromatic rings. The van der Waals surface area contributed by atoms with Crippen molar-refractivity contribution in [3.8, 4) is 0 Å². The molecule has 2 heterocycles. The van der Waals surface area contributed by atoms with Crippen LogP contribution in [0.2, 0.25) is 0 Å². The molecule has 3 unspecified atom stereocenters. The van der Waals surface area contributed by atoms with Gasteiger partial charge in [-0.1, -0.05) is 18.2 Å². The van der Waals surface area contributed by atoms with Crippen LogP contribution in [-0.4, -0.2) is 18.2 Å². The van der Waals surface area contributed by atoms with Gasteiger partial charge in [0, 0.05) is 12.6 Å². The highest BCUT2D eigenvalue weighted by Gasteiger charge is 2.40. The van der Waals surface area contributed by atoms with Gasteiger partial charge in [-0.15, -0.1) is 0 Å². The number of nitrogens with one attached hydrogen (secondary N) is 1. The van der Waals surface area contributed by atoms with Crippen LogP contribution in [0.25, 0.3) is 0 Å². The monoisotopic (exact) mass is 271 g/mol. The van der Waals surface area contributed by atoms with E-state index in [2.05, 4.69) is 5.32 Å². The van der Waals surface area contributed by atoms with Gasteiger partial charge in [0.2, 0.25) is 0 Å². The number of alkyl halides is 3. The summed E-state index contributed by atoms with van der Waals surface area (Å²) in [6.45, 7) is 0.243. The van der Waals surface area contributed by atoms with Crippen LogP contribution in [0, 0.1) is 0 Å². The van der Waals surface area contributed by atoms with Gasteiger partial charge in [-0.3, -0.25) is 0 Å². The first kappa shape index (κ1) is 12.9. The van der Waals surface area contributed by atoms with Crippen LogP contribution in [0.3, 0.4) is 0 Å². The summed E-state index contributed by atoms with van der Waals surface area (Å²) in [4.78, 5) is 0. The summed E-state index contributed by atoms with van der Waals surface area (Å²) >= 11 is 0. The highest BCUT2D eigenvalue weighted by molar-refractivity contribution is 5.29. The zero-order valence-electron chi connectivity index (χ0n) is 10.4. The van der Waals surface area contributed by atoms with Crippen LogP contribution in [0.1, 0.15) is 30.4 Å². The van der Waals surface area contributed by atoms with Gasteiger partial charge in [-0.2, -0.15) is 13.2 Å². The molecule has 0 spiro atoms. The van der Waals surface area contributed by atoms with E-state index < -0.39 is 11.7 Å². The highest BCUT2D eigenvalue weighted by atomic mass is 19.4. The minimum absolute atomic E-state index is 0.183. The summed E-state index contributed by atoms with van der Waals surface area (Å²) in [5.74, 6) is 0. The van der Waals surface area contributed by atoms with Crippen LogP contribution < -0.4 is 5.32 Å². The molecule has 104 valence electrons. The Morgan fingerprint density at radius 2 is 2.00 bits per heavy atom. The molecular weight excluding hydrogens is 255 g/mol. The van der Waals surface area contributed by atoms with Gasteiger partial charge in [0.1, 0.15) is 0 Å². The Balaban J connectivity index is 1.67. The molecule has 0 aromatic heterocycles. The molecule has 2 saturated heterocycles. The Morgan fingerprint density at radius 3 is 2.63 bits per heavy atom. The Kier molecular flexibility index (Phi) is 3.27. The second-order valence-corrected chi connectivity index (χ2v) is 5.25. The van der Waals surface area contributed by atoms with E-state index in [0.717, 1.165) is 25.3 Å². The second-order valence-electron chi connectivity index (χ2n) is 5.25. The molecule has 0 aliphatic carbocycles. The third-order valence-electron chi connectivity index (χ3n) is 3.98. The van der Waals surface area contributed by atoms with Crippen molar-refractivity contribution in [3.05, 3.63) is 35.4 Å². The number of hydrogen-bond donors (Lipinski definition) is 1. The maximum absolute atomic E-state index is 12.8. The van der Waals surface area contributed by atoms with E-state index in [1.807, 2.05) is 0 Å². The summed E-state index contributed by atoms with van der Waals surface area (Å²) in [6, 6.07) is 5.93. The van der Waals surface area contributed by atoms with E-state index in [-0.39, 0.29) is 18.7 Å². The van der Waals surface area contributed by atoms with Crippen molar-refractivity contribution in [3.63, 3.8) is 0 Å². The highest BCUT2D eigenvalue weighted by Crippen LogP contribution is 2.35. The lowest BCUT2D eigenvalue weighted by molar-refractivity contribution is -0.138. The molecule has 2 nitrogen and oxygen atoms in total. The smallest absolute Gasteiger partial charge is 0.373 e. The van der Waals surface area contributed by atoms with Crippen LogP contribution in [0.15, 0.2) is 24.3 Å². The molecule has 1 aromatic carbocycles. The Bertz CT molecular complexity index is 460. The lowest BCUT2D eigenvalue weighted by atomic mass is 9.95. The summed E-state index contributed by atoms with van der Waals surface area (Å²) in [6.07, 6.45) is -0.781. The Morgan fingerprint density at radius 1 is 1.21 bits per heavy atom. The summed E-state index contributed by atoms with van der Waals surface area (Å²) in [5.41, 5.74) is -0.246. The molecular formula is C14H16F3NO. The van der Waals surface area contributed by atoms with E-state index in [1.54, 1.807) is 6.07 Å². The summed E-state index contributed by atoms with van der Waals surface area (Å²) < 4.78 is 44.2. The Labute approximate surface area is 109 Å². The van der Waals surface area contributed by atoms with Crippen LogP contribution in [0.5, 0.6) is 0 Å². The van der Waals surface area contributed by atoms with Gasteiger partial charge < -0.3 is 10.1 Å². The molecule has 5 heteroatoms. The van der Waals surface area contributed by atoms with Gasteiger partial charge in [0.05, 0.1) is 17.8 Å². The normalized spacial score (nSPS) is 29.9. The quantitative estimate of drug-likeness (QED) is 0.912. The third-order valence-corrected chi connectivity index (χ3v) is 3.98. The maximum atomic E-state index is 12.8. The number of rotatable bonds is 3. The molecule has 0 saturated carbocycles. The molecule has 2 fully saturated rings. The Hall–Kier alpha value is -1.07. The van der Waals surface area contributed by atoms with Gasteiger partial charge in [-0.05, 0) is 30.9 Å². The zero-order chi connectivity index (χ0) is 13.5. The van der Waals surface area contributed by atoms with Gasteiger partial charge in [0.15, 0.2) is 0 Å². The minimum Gasteiger partial charge on any atom is -0.373 e. The number of hydrogen-bond acceptors (Lipinski definition) is 2. The average Bonchev–Trinajstić information content (AvgIpc) is 2.97. The molecule has 2 aliphatic heterocycles. The van der Waals surface area contributed by atoms with Crippen molar-refractivity contribution in [2.45, 2.75) is 50.2 Å². The second kappa shape index (κ2) is 4.80. The van der Waals surface area contributed by atoms with Crippen molar-refractivity contribution in [1.29, 1.82) is 0 Å². The number of benzene rings is 1. The van der Waals surface area contributed by atoms with Crippen LogP contribution in [0.4, 0.5) is 13.2 Å². The first-order valence-electron chi connectivity index (χ1n) is 6.58. The van der Waals surface area contributed by atoms with Crippen molar-refractivity contribution in [2.24, 2.45) is 0 Å². The van der Waals surface area contributed by atoms with Crippen molar-refractivity contribution in [2.75, 3.05) is 0 Å². The minimum atomic E-state index is -4.29. The number of halogens is 3. The SMILES string of the molecule is FC(F)(F)c1ccccc1CNC1CC2CCC1O2. The fourth-order valence-corrected chi connectivity index (χ4v) is 3.04. The fourth-order valence-electron chi connectivity index (χ4n) is 3.04. The van der Waals surface area contributed by atoms with Gasteiger partial charge in [0.25, 0.3) is 0 Å². The van der Waals surface area contributed by atoms with Crippen LogP contribution >= 0.6 is 0 Å². The van der Waals surface area contributed by atoms with E-state index in [9.17, 15) is 13.2 Å². The molecule has 3 atom stereocenters. The molecule has 0 amide bonds. The molecule has 2 bridgehead atoms. The predicted octanol–water partition coefficient (Wildman–Crippen LogP) is 3.11. The van der Waals surface area contributed by atoms with E-state index >= 15 is 0 Å². The molecule has 3 rings (SSSR count). The lowest BCUT2D eigenvalue weighted by Crippen LogP contribution is -2.37. The first-order chi connectivity index (χ1) is 9.04. The van der Waals surface area contributed by atoms with Gasteiger partial charge in [-0.25, -0.2) is 0 Å². The van der Waals surface area contributed by atoms with E-state index in [4.69, 9.17) is 4.74 Å². The standard InChI is InChI=1S/C14H16F3NO/c15-14(16,17)11-4-2-1-3-9(11)8-18-12-7-10-5-6-13(12)19-10/h1-4,10,12-13,18H,5-8H2. The van der Waals surface area contributed by atoms with Crippen molar-refractivity contribution >= 4 is 0 Å². The molecule has 19 heavy (non-hydrogen) atoms. The molecule has 2 aliphatic rings. The molecule has 0 radical (unpaired) electrons. The lowest BCUT2D eigenvalue weighted by Gasteiger charge is -2.21. The first-order valence-corrected chi connectivity index (χ1v) is 6.58. The fraction of sp³-hybridized carbons (Fsp3) is 0.571. The van der Waals surface area contributed by atoms with Crippen LogP contribution in [-0.2, 0) is 17.5 Å². The van der Waals surface area contributed by atoms with Gasteiger partial charge >= 0.3 is 6.18 Å². The van der Waals surface area contributed by atoms with Crippen molar-refractivity contribution < 1.29 is 17.9 Å². The topological polar surface area (TPSA) is 21.3 Å². The maximum Gasteiger partial charge on any atom is 0.416 e. The van der Waals surface area contributed by atoms with Crippen molar-refractivity contribution in [1.82, 2.24) is 5.32 Å². The predicted molar refractivity (Wildman–Crippen MR) is 64.6 cm³/mol. The number of fused-ring (bicyclic) bond motifs is 2. The van der Waals surface area contributed by atoms with E-state index in [1.165, 1.54) is 12.1 Å². The average molecular weight is 271 g/mol. The van der Waals surface area contributed by atoms with E-state index in [0.29, 0.717) is 11.7 Å². The number of ether oxygens (including phenoxy) is 1. The largest absolute Gasteiger partial charge is 0.416 e. The summed E-state index contributed by atoms with van der Waals surface area (Å²) in [7, 11) is 0. The molecule has 1 N–H and O–H groups in total. The zero-order valence-corrected chi connectivity index (χ0v) is 10.4. The third kappa shape index (κ3) is 2.62. The summed E-state index contributed by atoms with van der Waals surface area (Å²) in [5, 5.41) is 3.22.